The zero-order valence-corrected chi connectivity index (χ0v) is 18.3. The van der Waals surface area contributed by atoms with E-state index < -0.39 is 15.9 Å². The summed E-state index contributed by atoms with van der Waals surface area (Å²) >= 11 is 6.16. The minimum absolute atomic E-state index is 0.0586. The highest BCUT2D eigenvalue weighted by molar-refractivity contribution is 7.89. The zero-order valence-electron chi connectivity index (χ0n) is 16.7. The molecule has 2 aliphatic rings. The molecule has 2 amide bonds. The number of carbonyl (C=O) groups is 2. The molecular weight excluding hydrogens is 442 g/mol. The summed E-state index contributed by atoms with van der Waals surface area (Å²) in [6, 6.07) is 11.1. The van der Waals surface area contributed by atoms with E-state index in [1.54, 1.807) is 35.2 Å². The fraction of sp³-hybridized carbons (Fsp3) is 0.333. The van der Waals surface area contributed by atoms with E-state index in [0.29, 0.717) is 37.4 Å². The van der Waals surface area contributed by atoms with Gasteiger partial charge in [0.1, 0.15) is 4.90 Å². The van der Waals surface area contributed by atoms with Crippen molar-refractivity contribution in [2.75, 3.05) is 43.1 Å². The topological polar surface area (TPSA) is 96.0 Å². The number of benzene rings is 2. The highest BCUT2D eigenvalue weighted by atomic mass is 35.5. The lowest BCUT2D eigenvalue weighted by Gasteiger charge is -2.26. The Morgan fingerprint density at radius 2 is 1.74 bits per heavy atom. The number of anilines is 2. The first-order chi connectivity index (χ1) is 14.9. The van der Waals surface area contributed by atoms with E-state index in [1.165, 1.54) is 16.4 Å². The number of carbonyl (C=O) groups excluding carboxylic acids is 2. The van der Waals surface area contributed by atoms with E-state index >= 15 is 0 Å². The Morgan fingerprint density at radius 3 is 2.39 bits per heavy atom. The Morgan fingerprint density at radius 1 is 1.03 bits per heavy atom. The monoisotopic (exact) mass is 463 g/mol. The second-order valence-corrected chi connectivity index (χ2v) is 9.63. The van der Waals surface area contributed by atoms with Crippen LogP contribution in [0.15, 0.2) is 47.4 Å². The highest BCUT2D eigenvalue weighted by Crippen LogP contribution is 2.29. The van der Waals surface area contributed by atoms with Crippen molar-refractivity contribution in [3.63, 3.8) is 0 Å². The van der Waals surface area contributed by atoms with Gasteiger partial charge in [0.25, 0.3) is 5.91 Å². The molecule has 2 heterocycles. The molecule has 2 aliphatic heterocycles. The Hall–Kier alpha value is -2.46. The Balaban J connectivity index is 1.51. The van der Waals surface area contributed by atoms with Crippen LogP contribution in [0.4, 0.5) is 11.4 Å². The lowest BCUT2D eigenvalue weighted by atomic mass is 10.1. The van der Waals surface area contributed by atoms with E-state index in [1.807, 2.05) is 0 Å². The van der Waals surface area contributed by atoms with Gasteiger partial charge in [-0.1, -0.05) is 11.6 Å². The van der Waals surface area contributed by atoms with E-state index in [2.05, 4.69) is 5.32 Å². The Labute approximate surface area is 185 Å². The van der Waals surface area contributed by atoms with Crippen molar-refractivity contribution >= 4 is 44.8 Å². The molecule has 2 fully saturated rings. The number of ether oxygens (including phenoxy) is 1. The molecule has 0 atom stereocenters. The maximum absolute atomic E-state index is 12.9. The van der Waals surface area contributed by atoms with Gasteiger partial charge in [-0.3, -0.25) is 9.59 Å². The molecule has 8 nitrogen and oxygen atoms in total. The molecule has 1 N–H and O–H groups in total. The van der Waals surface area contributed by atoms with Gasteiger partial charge < -0.3 is 15.0 Å². The summed E-state index contributed by atoms with van der Waals surface area (Å²) in [7, 11) is -3.80. The molecule has 164 valence electrons. The third-order valence-corrected chi connectivity index (χ3v) is 7.67. The second kappa shape index (κ2) is 8.96. The molecule has 0 unspecified atom stereocenters. The quantitative estimate of drug-likeness (QED) is 0.735. The molecule has 0 aromatic heterocycles. The van der Waals surface area contributed by atoms with Crippen LogP contribution in [0, 0.1) is 0 Å². The summed E-state index contributed by atoms with van der Waals surface area (Å²) in [6.45, 7) is 1.83. The van der Waals surface area contributed by atoms with Crippen LogP contribution in [0.2, 0.25) is 5.02 Å². The van der Waals surface area contributed by atoms with Gasteiger partial charge in [0.15, 0.2) is 0 Å². The summed E-state index contributed by atoms with van der Waals surface area (Å²) in [6.07, 6.45) is 1.36. The lowest BCUT2D eigenvalue weighted by Crippen LogP contribution is -2.40. The van der Waals surface area contributed by atoms with Gasteiger partial charge >= 0.3 is 0 Å². The first-order valence-electron chi connectivity index (χ1n) is 9.95. The SMILES string of the molecule is O=C(Nc1ccc(Cl)c(S(=O)(=O)N2CCOCC2)c1)c1ccc(N2CCCC2=O)cc1. The molecule has 2 saturated heterocycles. The van der Waals surface area contributed by atoms with Crippen molar-refractivity contribution in [3.8, 4) is 0 Å². The van der Waals surface area contributed by atoms with Crippen molar-refractivity contribution < 1.29 is 22.7 Å². The number of halogens is 1. The van der Waals surface area contributed by atoms with E-state index in [9.17, 15) is 18.0 Å². The maximum Gasteiger partial charge on any atom is 0.255 e. The van der Waals surface area contributed by atoms with E-state index in [-0.39, 0.29) is 28.9 Å². The number of nitrogens with zero attached hydrogens (tertiary/aromatic N) is 2. The molecular formula is C21H22ClN3O5S. The summed E-state index contributed by atoms with van der Waals surface area (Å²) < 4.78 is 32.4. The van der Waals surface area contributed by atoms with E-state index in [4.69, 9.17) is 16.3 Å². The molecule has 4 rings (SSSR count). The van der Waals surface area contributed by atoms with Crippen LogP contribution in [-0.4, -0.2) is 57.4 Å². The van der Waals surface area contributed by atoms with Gasteiger partial charge in [-0.2, -0.15) is 4.31 Å². The van der Waals surface area contributed by atoms with Crippen LogP contribution in [-0.2, 0) is 19.6 Å². The Kier molecular flexibility index (Phi) is 6.29. The minimum atomic E-state index is -3.80. The number of nitrogens with one attached hydrogen (secondary N) is 1. The third kappa shape index (κ3) is 4.59. The third-order valence-electron chi connectivity index (χ3n) is 5.29. The lowest BCUT2D eigenvalue weighted by molar-refractivity contribution is -0.117. The van der Waals surface area contributed by atoms with Gasteiger partial charge in [-0.25, -0.2) is 8.42 Å². The predicted molar refractivity (Wildman–Crippen MR) is 117 cm³/mol. The normalized spacial score (nSPS) is 17.7. The van der Waals surface area contributed by atoms with Crippen LogP contribution in [0.5, 0.6) is 0 Å². The summed E-state index contributed by atoms with van der Waals surface area (Å²) in [5.74, 6) is -0.316. The second-order valence-electron chi connectivity index (χ2n) is 7.31. The van der Waals surface area contributed by atoms with Gasteiger partial charge in [0, 0.05) is 43.0 Å². The van der Waals surface area contributed by atoms with Gasteiger partial charge in [-0.05, 0) is 48.9 Å². The summed E-state index contributed by atoms with van der Waals surface area (Å²) in [4.78, 5) is 26.2. The first-order valence-corrected chi connectivity index (χ1v) is 11.8. The van der Waals surface area contributed by atoms with Crippen molar-refractivity contribution in [2.45, 2.75) is 17.7 Å². The largest absolute Gasteiger partial charge is 0.379 e. The predicted octanol–water partition coefficient (Wildman–Crippen LogP) is 2.74. The average Bonchev–Trinajstić information content (AvgIpc) is 3.21. The van der Waals surface area contributed by atoms with Crippen LogP contribution in [0.3, 0.4) is 0 Å². The summed E-state index contributed by atoms with van der Waals surface area (Å²) in [5.41, 5.74) is 1.47. The van der Waals surface area contributed by atoms with E-state index in [0.717, 1.165) is 12.1 Å². The molecule has 2 aromatic carbocycles. The van der Waals surface area contributed by atoms with Gasteiger partial charge in [0.05, 0.1) is 18.2 Å². The van der Waals surface area contributed by atoms with Crippen molar-refractivity contribution in [2.24, 2.45) is 0 Å². The van der Waals surface area contributed by atoms with Crippen LogP contribution >= 0.6 is 11.6 Å². The van der Waals surface area contributed by atoms with Gasteiger partial charge in [-0.15, -0.1) is 0 Å². The Bertz CT molecular complexity index is 1100. The first kappa shape index (κ1) is 21.8. The number of amides is 2. The zero-order chi connectivity index (χ0) is 22.0. The van der Waals surface area contributed by atoms with Crippen LogP contribution < -0.4 is 10.2 Å². The van der Waals surface area contributed by atoms with Crippen LogP contribution in [0.1, 0.15) is 23.2 Å². The maximum atomic E-state index is 12.9. The molecule has 2 aromatic rings. The minimum Gasteiger partial charge on any atom is -0.379 e. The number of morpholine rings is 1. The molecule has 0 aliphatic carbocycles. The van der Waals surface area contributed by atoms with Crippen molar-refractivity contribution in [1.82, 2.24) is 4.31 Å². The van der Waals surface area contributed by atoms with Gasteiger partial charge in [0.2, 0.25) is 15.9 Å². The fourth-order valence-electron chi connectivity index (χ4n) is 3.62. The molecule has 0 spiro atoms. The average molecular weight is 464 g/mol. The fourth-order valence-corrected chi connectivity index (χ4v) is 5.53. The van der Waals surface area contributed by atoms with Crippen LogP contribution in [0.25, 0.3) is 0 Å². The highest BCUT2D eigenvalue weighted by Gasteiger charge is 2.29. The number of sulfonamides is 1. The van der Waals surface area contributed by atoms with Crippen molar-refractivity contribution in [3.05, 3.63) is 53.1 Å². The molecule has 0 bridgehead atoms. The smallest absolute Gasteiger partial charge is 0.255 e. The number of hydrogen-bond acceptors (Lipinski definition) is 5. The molecule has 10 heteroatoms. The number of hydrogen-bond donors (Lipinski definition) is 1. The standard InChI is InChI=1S/C21H22ClN3O5S/c22-18-8-5-16(14-19(18)31(28,29)24-10-12-30-13-11-24)23-21(27)15-3-6-17(7-4-15)25-9-1-2-20(25)26/h3-8,14H,1-2,9-13H2,(H,23,27). The number of rotatable bonds is 5. The summed E-state index contributed by atoms with van der Waals surface area (Å²) in [5, 5.41) is 2.80. The molecule has 0 saturated carbocycles. The molecule has 0 radical (unpaired) electrons. The van der Waals surface area contributed by atoms with Crippen molar-refractivity contribution in [1.29, 1.82) is 0 Å². The molecule has 31 heavy (non-hydrogen) atoms.